The number of hydrogen-bond acceptors (Lipinski definition) is 5. The lowest BCUT2D eigenvalue weighted by atomic mass is 9.81. The Kier molecular flexibility index (Phi) is 5.08. The normalized spacial score (nSPS) is 22.5. The van der Waals surface area contributed by atoms with Crippen molar-refractivity contribution in [3.05, 3.63) is 58.7 Å². The maximum absolute atomic E-state index is 10.7. The van der Waals surface area contributed by atoms with Crippen LogP contribution in [0.4, 0.5) is 0 Å². The van der Waals surface area contributed by atoms with Gasteiger partial charge in [-0.1, -0.05) is 18.2 Å². The van der Waals surface area contributed by atoms with E-state index in [4.69, 9.17) is 4.74 Å². The second-order valence-corrected chi connectivity index (χ2v) is 8.39. The van der Waals surface area contributed by atoms with Crippen molar-refractivity contribution in [1.29, 1.82) is 0 Å². The highest BCUT2D eigenvalue weighted by Crippen LogP contribution is 2.45. The number of aryl methyl sites for hydroxylation is 2. The summed E-state index contributed by atoms with van der Waals surface area (Å²) in [5.74, 6) is 0.813. The standard InChI is InChI=1S/C23H29NO4/c1-15-3-4-17(11-16(15)2)21(27)14-24-9-7-23(8-10-24)13-20(26)19-12-18(25)5-6-22(19)28-23/h3-6,11-12,20-21,25-27H,7-10,13-14H2,1-2H3/t20-,21-/m0/s1. The number of piperidine rings is 1. The van der Waals surface area contributed by atoms with E-state index in [1.165, 1.54) is 11.1 Å². The van der Waals surface area contributed by atoms with Gasteiger partial charge in [-0.15, -0.1) is 0 Å². The summed E-state index contributed by atoms with van der Waals surface area (Å²) < 4.78 is 6.29. The molecule has 3 N–H and O–H groups in total. The first-order chi connectivity index (χ1) is 13.3. The van der Waals surface area contributed by atoms with E-state index in [2.05, 4.69) is 30.9 Å². The summed E-state index contributed by atoms with van der Waals surface area (Å²) >= 11 is 0. The van der Waals surface area contributed by atoms with Crippen molar-refractivity contribution in [1.82, 2.24) is 4.90 Å². The second kappa shape index (κ2) is 7.39. The molecule has 0 aromatic heterocycles. The highest BCUT2D eigenvalue weighted by Gasteiger charge is 2.43. The predicted molar refractivity (Wildman–Crippen MR) is 108 cm³/mol. The molecule has 4 rings (SSSR count). The highest BCUT2D eigenvalue weighted by molar-refractivity contribution is 5.43. The van der Waals surface area contributed by atoms with Gasteiger partial charge in [0.2, 0.25) is 0 Å². The van der Waals surface area contributed by atoms with Crippen molar-refractivity contribution in [3.8, 4) is 11.5 Å². The third kappa shape index (κ3) is 3.75. The average Bonchev–Trinajstić information content (AvgIpc) is 2.67. The fraction of sp³-hybridized carbons (Fsp3) is 0.478. The van der Waals surface area contributed by atoms with Crippen LogP contribution in [0, 0.1) is 13.8 Å². The number of nitrogens with zero attached hydrogens (tertiary/aromatic N) is 1. The molecule has 2 heterocycles. The van der Waals surface area contributed by atoms with Gasteiger partial charge in [0.05, 0.1) is 12.2 Å². The smallest absolute Gasteiger partial charge is 0.126 e. The van der Waals surface area contributed by atoms with Gasteiger partial charge >= 0.3 is 0 Å². The Hall–Kier alpha value is -2.08. The molecule has 0 aliphatic carbocycles. The molecule has 1 fully saturated rings. The Morgan fingerprint density at radius 3 is 2.57 bits per heavy atom. The first-order valence-electron chi connectivity index (χ1n) is 10.0. The van der Waals surface area contributed by atoms with Crippen LogP contribution in [0.25, 0.3) is 0 Å². The van der Waals surface area contributed by atoms with Gasteiger partial charge in [-0.2, -0.15) is 0 Å². The van der Waals surface area contributed by atoms with Gasteiger partial charge in [0.15, 0.2) is 0 Å². The van der Waals surface area contributed by atoms with E-state index in [1.54, 1.807) is 18.2 Å². The number of hydrogen-bond donors (Lipinski definition) is 3. The Labute approximate surface area is 166 Å². The number of rotatable bonds is 3. The van der Waals surface area contributed by atoms with Crippen molar-refractivity contribution in [3.63, 3.8) is 0 Å². The molecule has 0 saturated carbocycles. The van der Waals surface area contributed by atoms with Crippen LogP contribution < -0.4 is 4.74 Å². The average molecular weight is 383 g/mol. The molecule has 28 heavy (non-hydrogen) atoms. The van der Waals surface area contributed by atoms with Crippen LogP contribution in [-0.2, 0) is 0 Å². The summed E-state index contributed by atoms with van der Waals surface area (Å²) in [5, 5.41) is 30.9. The first-order valence-corrected chi connectivity index (χ1v) is 10.0. The molecule has 2 aliphatic heterocycles. The van der Waals surface area contributed by atoms with Crippen LogP contribution in [0.3, 0.4) is 0 Å². The molecule has 5 nitrogen and oxygen atoms in total. The maximum Gasteiger partial charge on any atom is 0.126 e. The van der Waals surface area contributed by atoms with Crippen LogP contribution in [0.2, 0.25) is 0 Å². The van der Waals surface area contributed by atoms with E-state index < -0.39 is 12.2 Å². The van der Waals surface area contributed by atoms with Crippen molar-refractivity contribution in [2.45, 2.75) is 50.9 Å². The lowest BCUT2D eigenvalue weighted by Gasteiger charge is -2.46. The number of likely N-dealkylation sites (tertiary alicyclic amines) is 1. The molecule has 150 valence electrons. The van der Waals surface area contributed by atoms with E-state index in [0.29, 0.717) is 24.3 Å². The Bertz CT molecular complexity index is 858. The van der Waals surface area contributed by atoms with Gasteiger partial charge in [0, 0.05) is 31.6 Å². The zero-order valence-corrected chi connectivity index (χ0v) is 16.6. The molecular formula is C23H29NO4. The summed E-state index contributed by atoms with van der Waals surface area (Å²) in [4.78, 5) is 2.27. The Morgan fingerprint density at radius 1 is 1.11 bits per heavy atom. The minimum atomic E-state index is -0.622. The fourth-order valence-electron chi connectivity index (χ4n) is 4.40. The fourth-order valence-corrected chi connectivity index (χ4v) is 4.40. The molecule has 1 spiro atoms. The highest BCUT2D eigenvalue weighted by atomic mass is 16.5. The Balaban J connectivity index is 1.39. The molecule has 2 aromatic rings. The zero-order chi connectivity index (χ0) is 19.9. The van der Waals surface area contributed by atoms with E-state index in [1.807, 2.05) is 6.07 Å². The molecule has 0 amide bonds. The molecule has 0 unspecified atom stereocenters. The largest absolute Gasteiger partial charge is 0.508 e. The molecule has 5 heteroatoms. The molecule has 2 aromatic carbocycles. The van der Waals surface area contributed by atoms with Crippen molar-refractivity contribution in [2.75, 3.05) is 19.6 Å². The van der Waals surface area contributed by atoms with Crippen LogP contribution >= 0.6 is 0 Å². The number of phenols is 1. The lowest BCUT2D eigenvalue weighted by Crippen LogP contribution is -2.51. The van der Waals surface area contributed by atoms with Gasteiger partial charge in [-0.3, -0.25) is 0 Å². The number of phenolic OH excluding ortho intramolecular Hbond substituents is 1. The lowest BCUT2D eigenvalue weighted by molar-refractivity contribution is -0.0588. The summed E-state index contributed by atoms with van der Waals surface area (Å²) in [6, 6.07) is 11.1. The predicted octanol–water partition coefficient (Wildman–Crippen LogP) is 3.39. The minimum Gasteiger partial charge on any atom is -0.508 e. The number of ether oxygens (including phenoxy) is 1. The summed E-state index contributed by atoms with van der Waals surface area (Å²) in [7, 11) is 0. The topological polar surface area (TPSA) is 73.2 Å². The van der Waals surface area contributed by atoms with Crippen LogP contribution in [-0.4, -0.2) is 45.5 Å². The van der Waals surface area contributed by atoms with E-state index in [0.717, 1.165) is 31.5 Å². The number of aromatic hydroxyl groups is 1. The molecular weight excluding hydrogens is 354 g/mol. The Morgan fingerprint density at radius 2 is 1.86 bits per heavy atom. The van der Waals surface area contributed by atoms with E-state index >= 15 is 0 Å². The van der Waals surface area contributed by atoms with Crippen molar-refractivity contribution < 1.29 is 20.1 Å². The van der Waals surface area contributed by atoms with Crippen molar-refractivity contribution >= 4 is 0 Å². The van der Waals surface area contributed by atoms with Gasteiger partial charge in [-0.05, 0) is 61.6 Å². The number of β-amino-alcohol motifs (C(OH)–C–C–N with tert-alkyl or cyclic N) is 1. The van der Waals surface area contributed by atoms with Crippen molar-refractivity contribution in [2.24, 2.45) is 0 Å². The quantitative estimate of drug-likeness (QED) is 0.758. The number of aliphatic hydroxyl groups is 2. The minimum absolute atomic E-state index is 0.146. The maximum atomic E-state index is 10.7. The number of fused-ring (bicyclic) bond motifs is 1. The van der Waals surface area contributed by atoms with Gasteiger partial charge in [-0.25, -0.2) is 0 Å². The summed E-state index contributed by atoms with van der Waals surface area (Å²) in [6.07, 6.45) is 1.03. The van der Waals surface area contributed by atoms with E-state index in [9.17, 15) is 15.3 Å². The first kappa shape index (κ1) is 19.2. The third-order valence-electron chi connectivity index (χ3n) is 6.36. The monoisotopic (exact) mass is 383 g/mol. The summed E-state index contributed by atoms with van der Waals surface area (Å²) in [6.45, 7) is 6.39. The van der Waals surface area contributed by atoms with Crippen LogP contribution in [0.15, 0.2) is 36.4 Å². The van der Waals surface area contributed by atoms with Crippen LogP contribution in [0.5, 0.6) is 11.5 Å². The molecule has 0 bridgehead atoms. The van der Waals surface area contributed by atoms with Crippen LogP contribution in [0.1, 0.15) is 53.7 Å². The second-order valence-electron chi connectivity index (χ2n) is 8.39. The van der Waals surface area contributed by atoms with Gasteiger partial charge in [0.25, 0.3) is 0 Å². The number of aliphatic hydroxyl groups excluding tert-OH is 2. The van der Waals surface area contributed by atoms with Gasteiger partial charge in [0.1, 0.15) is 17.1 Å². The summed E-state index contributed by atoms with van der Waals surface area (Å²) in [5.41, 5.74) is 3.69. The molecule has 2 atom stereocenters. The third-order valence-corrected chi connectivity index (χ3v) is 6.36. The number of benzene rings is 2. The molecule has 0 radical (unpaired) electrons. The SMILES string of the molecule is Cc1ccc([C@@H](O)CN2CCC3(CC2)C[C@H](O)c2cc(O)ccc2O3)cc1C. The van der Waals surface area contributed by atoms with Gasteiger partial charge < -0.3 is 25.0 Å². The zero-order valence-electron chi connectivity index (χ0n) is 16.6. The molecule has 1 saturated heterocycles. The van der Waals surface area contributed by atoms with E-state index in [-0.39, 0.29) is 11.4 Å². The molecule has 2 aliphatic rings.